The number of aromatic nitrogens is 3. The number of fused-ring (bicyclic) bond motifs is 2. The van der Waals surface area contributed by atoms with Crippen LogP contribution in [0.5, 0.6) is 0 Å². The number of oxazole rings is 1. The van der Waals surface area contributed by atoms with E-state index in [0.717, 1.165) is 81.3 Å². The summed E-state index contributed by atoms with van der Waals surface area (Å²) >= 11 is 0. The molecule has 0 atom stereocenters. The predicted molar refractivity (Wildman–Crippen MR) is 177 cm³/mol. The Morgan fingerprint density at radius 3 is 2.49 bits per heavy atom. The van der Waals surface area contributed by atoms with Crippen molar-refractivity contribution in [3.63, 3.8) is 0 Å². The van der Waals surface area contributed by atoms with Crippen molar-refractivity contribution in [1.82, 2.24) is 29.7 Å². The van der Waals surface area contributed by atoms with Crippen LogP contribution in [0.1, 0.15) is 41.0 Å². The molecule has 2 aromatic carbocycles. The molecule has 0 saturated carbocycles. The van der Waals surface area contributed by atoms with Crippen molar-refractivity contribution < 1.29 is 9.21 Å². The average Bonchev–Trinajstić information content (AvgIpc) is 3.76. The summed E-state index contributed by atoms with van der Waals surface area (Å²) in [7, 11) is 3.79. The average molecular weight is 602 g/mol. The first-order valence-electron chi connectivity index (χ1n) is 15.7. The largest absolute Gasteiger partial charge is 0.439 e. The third-order valence-corrected chi connectivity index (χ3v) is 8.96. The summed E-state index contributed by atoms with van der Waals surface area (Å²) in [5.41, 5.74) is 9.33. The van der Waals surface area contributed by atoms with Gasteiger partial charge in [-0.3, -0.25) is 14.7 Å². The molecule has 0 spiro atoms. The maximum Gasteiger partial charge on any atom is 0.237 e. The first kappa shape index (κ1) is 29.1. The fourth-order valence-electron chi connectivity index (χ4n) is 6.53. The molecule has 5 aromatic rings. The van der Waals surface area contributed by atoms with Crippen molar-refractivity contribution in [3.05, 3.63) is 89.1 Å². The van der Waals surface area contributed by atoms with E-state index >= 15 is 0 Å². The minimum absolute atomic E-state index is 0.0774. The van der Waals surface area contributed by atoms with Gasteiger partial charge in [-0.15, -0.1) is 0 Å². The second-order valence-corrected chi connectivity index (χ2v) is 12.5. The summed E-state index contributed by atoms with van der Waals surface area (Å²) in [5.74, 6) is 2.19. The van der Waals surface area contributed by atoms with Crippen LogP contribution >= 0.6 is 0 Å². The molecule has 1 fully saturated rings. The quantitative estimate of drug-likeness (QED) is 0.221. The summed E-state index contributed by atoms with van der Waals surface area (Å²) in [4.78, 5) is 33.1. The third-order valence-electron chi connectivity index (χ3n) is 8.96. The second kappa shape index (κ2) is 12.1. The van der Waals surface area contributed by atoms with Crippen LogP contribution in [0, 0.1) is 13.8 Å². The van der Waals surface area contributed by atoms with E-state index in [1.165, 1.54) is 18.4 Å². The Morgan fingerprint density at radius 2 is 1.71 bits per heavy atom. The van der Waals surface area contributed by atoms with Gasteiger partial charge in [-0.05, 0) is 106 Å². The summed E-state index contributed by atoms with van der Waals surface area (Å²) < 4.78 is 6.24. The highest BCUT2D eigenvalue weighted by Gasteiger charge is 2.29. The molecule has 7 rings (SSSR count). The van der Waals surface area contributed by atoms with Crippen LogP contribution in [-0.4, -0.2) is 69.3 Å². The molecule has 9 nitrogen and oxygen atoms in total. The van der Waals surface area contributed by atoms with Crippen LogP contribution in [0.25, 0.3) is 33.5 Å². The number of pyridine rings is 2. The molecule has 3 aromatic heterocycles. The number of nitrogens with zero attached hydrogens (tertiary/aromatic N) is 6. The number of hydrogen-bond acceptors (Lipinski definition) is 8. The monoisotopic (exact) mass is 601 g/mol. The van der Waals surface area contributed by atoms with Crippen molar-refractivity contribution in [3.8, 4) is 22.6 Å². The molecule has 1 saturated heterocycles. The van der Waals surface area contributed by atoms with Gasteiger partial charge in [-0.25, -0.2) is 9.97 Å². The van der Waals surface area contributed by atoms with Crippen molar-refractivity contribution in [2.24, 2.45) is 0 Å². The van der Waals surface area contributed by atoms with E-state index in [1.807, 2.05) is 37.5 Å². The van der Waals surface area contributed by atoms with E-state index in [1.54, 1.807) is 4.90 Å². The van der Waals surface area contributed by atoms with E-state index in [2.05, 4.69) is 71.5 Å². The summed E-state index contributed by atoms with van der Waals surface area (Å²) in [6, 6.07) is 16.8. The maximum atomic E-state index is 12.5. The predicted octanol–water partition coefficient (Wildman–Crippen LogP) is 6.31. The van der Waals surface area contributed by atoms with Crippen LogP contribution in [0.4, 0.5) is 11.5 Å². The number of likely N-dealkylation sites (N-methyl/N-ethyl adjacent to an activating group) is 1. The number of benzene rings is 2. The van der Waals surface area contributed by atoms with Crippen LogP contribution in [0.2, 0.25) is 0 Å². The van der Waals surface area contributed by atoms with Gasteiger partial charge in [0.2, 0.25) is 11.8 Å². The number of carbonyl (C=O) groups is 1. The Hall–Kier alpha value is -4.60. The number of nitrogens with one attached hydrogen (secondary N) is 1. The Bertz CT molecular complexity index is 1870. The standard InChI is InChI=1S/C36H39N7O2/c1-23-27(9-7-11-29(23)36-40-31-20-43(21-32(31)45-36)33(44)22-41(3)4)28-10-8-12-30(24(28)2)39-35-34-26(13-14-37-35)17-25(18-38-34)19-42-15-5-6-16-42/h7-14,17-18H,5-6,15-16,19-22H2,1-4H3,(H,37,39). The van der Waals surface area contributed by atoms with E-state index < -0.39 is 0 Å². The fraction of sp³-hybridized carbons (Fsp3) is 0.333. The Balaban J connectivity index is 1.14. The number of amides is 1. The van der Waals surface area contributed by atoms with E-state index in [-0.39, 0.29) is 5.91 Å². The minimum Gasteiger partial charge on any atom is -0.439 e. The third kappa shape index (κ3) is 5.81. The molecular weight excluding hydrogens is 562 g/mol. The molecule has 0 unspecified atom stereocenters. The molecule has 230 valence electrons. The van der Waals surface area contributed by atoms with Gasteiger partial charge in [0.15, 0.2) is 5.82 Å². The normalized spacial score (nSPS) is 14.9. The van der Waals surface area contributed by atoms with Gasteiger partial charge >= 0.3 is 0 Å². The SMILES string of the molecule is Cc1c(Nc2nccc3cc(CN4CCCC4)cnc23)cccc1-c1cccc(-c2nc3c(o2)CN(C(=O)CN(C)C)C3)c1C. The maximum absolute atomic E-state index is 12.5. The molecule has 1 amide bonds. The van der Waals surface area contributed by atoms with E-state index in [4.69, 9.17) is 14.4 Å². The Morgan fingerprint density at radius 1 is 0.956 bits per heavy atom. The van der Waals surface area contributed by atoms with Gasteiger partial charge in [-0.1, -0.05) is 24.3 Å². The number of carbonyl (C=O) groups excluding carboxylic acids is 1. The highest BCUT2D eigenvalue weighted by molar-refractivity contribution is 5.91. The number of hydrogen-bond donors (Lipinski definition) is 1. The van der Waals surface area contributed by atoms with Crippen LogP contribution in [0.3, 0.4) is 0 Å². The van der Waals surface area contributed by atoms with Crippen molar-refractivity contribution >= 4 is 28.3 Å². The lowest BCUT2D eigenvalue weighted by Gasteiger charge is -2.18. The van der Waals surface area contributed by atoms with Crippen molar-refractivity contribution in [2.75, 3.05) is 39.0 Å². The van der Waals surface area contributed by atoms with Gasteiger partial charge in [0.25, 0.3) is 0 Å². The molecular formula is C36H39N7O2. The highest BCUT2D eigenvalue weighted by Crippen LogP contribution is 2.37. The molecule has 9 heteroatoms. The summed E-state index contributed by atoms with van der Waals surface area (Å²) in [6.07, 6.45) is 6.40. The molecule has 0 aliphatic carbocycles. The molecule has 2 aliphatic rings. The smallest absolute Gasteiger partial charge is 0.237 e. The fourth-order valence-corrected chi connectivity index (χ4v) is 6.53. The zero-order valence-corrected chi connectivity index (χ0v) is 26.4. The zero-order chi connectivity index (χ0) is 31.1. The van der Waals surface area contributed by atoms with E-state index in [0.29, 0.717) is 25.5 Å². The van der Waals surface area contributed by atoms with Gasteiger partial charge in [0.1, 0.15) is 17.0 Å². The first-order valence-corrected chi connectivity index (χ1v) is 15.7. The van der Waals surface area contributed by atoms with Gasteiger partial charge in [-0.2, -0.15) is 0 Å². The van der Waals surface area contributed by atoms with Crippen LogP contribution in [-0.2, 0) is 24.4 Å². The van der Waals surface area contributed by atoms with Crippen molar-refractivity contribution in [1.29, 1.82) is 0 Å². The summed E-state index contributed by atoms with van der Waals surface area (Å²) in [5, 5.41) is 4.67. The highest BCUT2D eigenvalue weighted by atomic mass is 16.4. The molecule has 5 heterocycles. The zero-order valence-electron chi connectivity index (χ0n) is 26.4. The van der Waals surface area contributed by atoms with Gasteiger partial charge in [0.05, 0.1) is 19.6 Å². The Labute approximate surface area is 263 Å². The van der Waals surface area contributed by atoms with Crippen LogP contribution in [0.15, 0.2) is 65.3 Å². The topological polar surface area (TPSA) is 90.6 Å². The van der Waals surface area contributed by atoms with Crippen molar-refractivity contribution in [2.45, 2.75) is 46.3 Å². The number of likely N-dealkylation sites (tertiary alicyclic amines) is 1. The molecule has 0 radical (unpaired) electrons. The molecule has 45 heavy (non-hydrogen) atoms. The lowest BCUT2D eigenvalue weighted by molar-refractivity contribution is -0.132. The minimum atomic E-state index is 0.0774. The lowest BCUT2D eigenvalue weighted by Crippen LogP contribution is -2.34. The molecule has 1 N–H and O–H groups in total. The van der Waals surface area contributed by atoms with Crippen LogP contribution < -0.4 is 5.32 Å². The van der Waals surface area contributed by atoms with E-state index in [9.17, 15) is 4.79 Å². The van der Waals surface area contributed by atoms with Gasteiger partial charge < -0.3 is 19.5 Å². The van der Waals surface area contributed by atoms with Gasteiger partial charge in [0, 0.05) is 35.6 Å². The lowest BCUT2D eigenvalue weighted by atomic mass is 9.93. The number of rotatable bonds is 8. The summed E-state index contributed by atoms with van der Waals surface area (Å²) in [6.45, 7) is 8.83. The molecule has 2 aliphatic heterocycles. The first-order chi connectivity index (χ1) is 21.8. The Kier molecular flexibility index (Phi) is 7.81. The number of anilines is 2. The molecule has 0 bridgehead atoms. The second-order valence-electron chi connectivity index (χ2n) is 12.5.